The molecule has 2 bridgehead atoms. The molecule has 4 unspecified atom stereocenters. The number of halogens is 1. The number of benzene rings is 1. The lowest BCUT2D eigenvalue weighted by atomic mass is 9.88. The van der Waals surface area contributed by atoms with Crippen LogP contribution in [0.2, 0.25) is 5.02 Å². The average Bonchev–Trinajstić information content (AvgIpc) is 3.46. The molecule has 1 aromatic carbocycles. The van der Waals surface area contributed by atoms with Crippen molar-refractivity contribution in [1.82, 2.24) is 14.9 Å². The van der Waals surface area contributed by atoms with Crippen LogP contribution in [0.15, 0.2) is 30.5 Å². The predicted octanol–water partition coefficient (Wildman–Crippen LogP) is 3.03. The van der Waals surface area contributed by atoms with Crippen LogP contribution in [-0.4, -0.2) is 80.5 Å². The van der Waals surface area contributed by atoms with Gasteiger partial charge in [0.15, 0.2) is 5.82 Å². The van der Waals surface area contributed by atoms with Crippen molar-refractivity contribution in [1.29, 1.82) is 0 Å². The summed E-state index contributed by atoms with van der Waals surface area (Å²) in [4.78, 5) is 23.6. The Morgan fingerprint density at radius 2 is 1.82 bits per heavy atom. The summed E-state index contributed by atoms with van der Waals surface area (Å²) >= 11 is 6.47. The third-order valence-corrected chi connectivity index (χ3v) is 8.45. The molecule has 39 heavy (non-hydrogen) atoms. The molecule has 1 amide bonds. The first-order valence-corrected chi connectivity index (χ1v) is 13.7. The normalized spacial score (nSPS) is 24.0. The molecule has 1 aromatic heterocycles. The van der Waals surface area contributed by atoms with Crippen molar-refractivity contribution in [2.24, 2.45) is 23.5 Å². The number of primary amides is 1. The zero-order chi connectivity index (χ0) is 27.5. The average molecular weight is 557 g/mol. The number of carbonyl (C=O) groups excluding carboxylic acids is 1. The highest BCUT2D eigenvalue weighted by Gasteiger charge is 2.47. The van der Waals surface area contributed by atoms with Crippen molar-refractivity contribution in [3.8, 4) is 5.75 Å². The number of rotatable bonds is 11. The maximum atomic E-state index is 12.2. The summed E-state index contributed by atoms with van der Waals surface area (Å²) in [5.74, 6) is 1.33. The fourth-order valence-electron chi connectivity index (χ4n) is 6.26. The number of aromatic nitrogens is 2. The van der Waals surface area contributed by atoms with Gasteiger partial charge in [0.2, 0.25) is 11.9 Å². The first kappa shape index (κ1) is 27.6. The Kier molecular flexibility index (Phi) is 8.56. The van der Waals surface area contributed by atoms with E-state index in [2.05, 4.69) is 49.8 Å². The molecular formula is C28H37ClN6O4. The van der Waals surface area contributed by atoms with Crippen LogP contribution < -0.4 is 21.1 Å². The SMILES string of the molecule is COCC(COC)N1CCc2cc(Nc3ncc(Cl)c(NC4C5C=CC(C5)C4C(N)=O)n3)c(OC)cc2CC1. The van der Waals surface area contributed by atoms with E-state index in [1.807, 2.05) is 0 Å². The Balaban J connectivity index is 1.34. The molecule has 4 N–H and O–H groups in total. The molecule has 1 saturated carbocycles. The molecule has 2 aliphatic carbocycles. The monoisotopic (exact) mass is 556 g/mol. The zero-order valence-electron chi connectivity index (χ0n) is 22.7. The number of allylic oxidation sites excluding steroid dienone is 1. The van der Waals surface area contributed by atoms with Gasteiger partial charge in [0.25, 0.3) is 0 Å². The van der Waals surface area contributed by atoms with Gasteiger partial charge in [-0.2, -0.15) is 4.98 Å². The summed E-state index contributed by atoms with van der Waals surface area (Å²) in [6.07, 6.45) is 8.48. The molecule has 0 spiro atoms. The van der Waals surface area contributed by atoms with E-state index in [1.165, 1.54) is 11.1 Å². The molecule has 2 aromatic rings. The Labute approximate surface area is 234 Å². The fraction of sp³-hybridized carbons (Fsp3) is 0.536. The molecule has 4 atom stereocenters. The van der Waals surface area contributed by atoms with E-state index >= 15 is 0 Å². The van der Waals surface area contributed by atoms with E-state index in [0.717, 1.165) is 38.0 Å². The molecular weight excluding hydrogens is 520 g/mol. The minimum absolute atomic E-state index is 0.150. The molecule has 210 valence electrons. The second-order valence-corrected chi connectivity index (χ2v) is 10.9. The maximum absolute atomic E-state index is 12.2. The van der Waals surface area contributed by atoms with Crippen LogP contribution in [0.3, 0.4) is 0 Å². The number of hydrogen-bond acceptors (Lipinski definition) is 9. The van der Waals surface area contributed by atoms with Crippen molar-refractivity contribution in [3.05, 3.63) is 46.6 Å². The molecule has 1 aliphatic heterocycles. The van der Waals surface area contributed by atoms with Crippen LogP contribution in [0.4, 0.5) is 17.5 Å². The predicted molar refractivity (Wildman–Crippen MR) is 151 cm³/mol. The number of carbonyl (C=O) groups is 1. The number of amides is 1. The van der Waals surface area contributed by atoms with Crippen LogP contribution in [0.1, 0.15) is 17.5 Å². The molecule has 2 heterocycles. The topological polar surface area (TPSA) is 124 Å². The first-order chi connectivity index (χ1) is 18.9. The van der Waals surface area contributed by atoms with Gasteiger partial charge in [0.1, 0.15) is 10.8 Å². The van der Waals surface area contributed by atoms with Gasteiger partial charge in [0, 0.05) is 33.4 Å². The summed E-state index contributed by atoms with van der Waals surface area (Å²) in [5, 5.41) is 7.09. The molecule has 1 fully saturated rings. The van der Waals surface area contributed by atoms with Crippen molar-refractivity contribution < 1.29 is 19.0 Å². The second-order valence-electron chi connectivity index (χ2n) is 10.5. The number of nitrogens with one attached hydrogen (secondary N) is 2. The molecule has 3 aliphatic rings. The molecule has 11 heteroatoms. The van der Waals surface area contributed by atoms with Crippen molar-refractivity contribution in [2.75, 3.05) is 58.3 Å². The molecule has 0 radical (unpaired) electrons. The van der Waals surface area contributed by atoms with Crippen LogP contribution in [0.25, 0.3) is 0 Å². The van der Waals surface area contributed by atoms with Gasteiger partial charge in [-0.15, -0.1) is 0 Å². The molecule has 0 saturated heterocycles. The Hall–Kier alpha value is -2.92. The number of hydrogen-bond donors (Lipinski definition) is 3. The number of nitrogens with zero attached hydrogens (tertiary/aromatic N) is 3. The van der Waals surface area contributed by atoms with Gasteiger partial charge in [-0.1, -0.05) is 23.8 Å². The summed E-state index contributed by atoms with van der Waals surface area (Å²) in [6, 6.07) is 4.27. The van der Waals surface area contributed by atoms with Gasteiger partial charge in [-0.05, 0) is 54.4 Å². The number of anilines is 3. The fourth-order valence-corrected chi connectivity index (χ4v) is 6.41. The highest BCUT2D eigenvalue weighted by molar-refractivity contribution is 6.32. The van der Waals surface area contributed by atoms with E-state index in [-0.39, 0.29) is 35.7 Å². The Bertz CT molecular complexity index is 1220. The van der Waals surface area contributed by atoms with Crippen molar-refractivity contribution in [3.63, 3.8) is 0 Å². The standard InChI is InChI=1S/C28H37ClN6O4/c1-37-14-20(15-38-2)35-8-6-16-11-22(23(39-3)12-17(16)7-9-35)32-28-31-13-21(29)27(34-28)33-25-19-5-4-18(10-19)24(25)26(30)36/h4-5,11-13,18-20,24-25H,6-10,14-15H2,1-3H3,(H2,30,36)(H2,31,32,33,34). The van der Waals surface area contributed by atoms with Gasteiger partial charge in [0.05, 0.1) is 44.2 Å². The number of nitrogens with two attached hydrogens (primary N) is 1. The minimum Gasteiger partial charge on any atom is -0.495 e. The van der Waals surface area contributed by atoms with Crippen LogP contribution in [0.5, 0.6) is 5.75 Å². The third-order valence-electron chi connectivity index (χ3n) is 8.17. The van der Waals surface area contributed by atoms with E-state index in [1.54, 1.807) is 27.5 Å². The lowest BCUT2D eigenvalue weighted by molar-refractivity contribution is -0.122. The van der Waals surface area contributed by atoms with E-state index in [9.17, 15) is 4.79 Å². The van der Waals surface area contributed by atoms with Crippen LogP contribution >= 0.6 is 11.6 Å². The van der Waals surface area contributed by atoms with E-state index in [0.29, 0.717) is 35.8 Å². The summed E-state index contributed by atoms with van der Waals surface area (Å²) in [5.41, 5.74) is 9.02. The van der Waals surface area contributed by atoms with Crippen molar-refractivity contribution in [2.45, 2.75) is 31.3 Å². The largest absolute Gasteiger partial charge is 0.495 e. The molecule has 10 nitrogen and oxygen atoms in total. The zero-order valence-corrected chi connectivity index (χ0v) is 23.4. The highest BCUT2D eigenvalue weighted by atomic mass is 35.5. The van der Waals surface area contributed by atoms with E-state index in [4.69, 9.17) is 31.5 Å². The minimum atomic E-state index is -0.308. The van der Waals surface area contributed by atoms with Gasteiger partial charge in [-0.25, -0.2) is 4.98 Å². The summed E-state index contributed by atoms with van der Waals surface area (Å²) in [6.45, 7) is 3.08. The van der Waals surface area contributed by atoms with Gasteiger partial charge >= 0.3 is 0 Å². The Morgan fingerprint density at radius 3 is 2.49 bits per heavy atom. The lowest BCUT2D eigenvalue weighted by Gasteiger charge is -2.29. The highest BCUT2D eigenvalue weighted by Crippen LogP contribution is 2.45. The van der Waals surface area contributed by atoms with Gasteiger partial charge < -0.3 is 30.6 Å². The third kappa shape index (κ3) is 5.84. The van der Waals surface area contributed by atoms with Crippen LogP contribution in [-0.2, 0) is 27.1 Å². The quantitative estimate of drug-likeness (QED) is 0.358. The van der Waals surface area contributed by atoms with Gasteiger partial charge in [-0.3, -0.25) is 9.69 Å². The smallest absolute Gasteiger partial charge is 0.229 e. The number of fused-ring (bicyclic) bond motifs is 3. The van der Waals surface area contributed by atoms with Crippen molar-refractivity contribution >= 4 is 35.0 Å². The molecule has 5 rings (SSSR count). The summed E-state index contributed by atoms with van der Waals surface area (Å²) < 4.78 is 16.6. The Morgan fingerprint density at radius 1 is 1.13 bits per heavy atom. The maximum Gasteiger partial charge on any atom is 0.229 e. The van der Waals surface area contributed by atoms with Crippen LogP contribution in [0, 0.1) is 17.8 Å². The second kappa shape index (κ2) is 12.1. The number of ether oxygens (including phenoxy) is 3. The summed E-state index contributed by atoms with van der Waals surface area (Å²) in [7, 11) is 5.11. The first-order valence-electron chi connectivity index (χ1n) is 13.4. The lowest BCUT2D eigenvalue weighted by Crippen LogP contribution is -2.43. The van der Waals surface area contributed by atoms with E-state index < -0.39 is 0 Å². The number of methoxy groups -OCH3 is 3.